The van der Waals surface area contributed by atoms with Crippen molar-refractivity contribution in [2.24, 2.45) is 0 Å². The van der Waals surface area contributed by atoms with Gasteiger partial charge in [0.05, 0.1) is 0 Å². The summed E-state index contributed by atoms with van der Waals surface area (Å²) in [4.78, 5) is 3.93. The van der Waals surface area contributed by atoms with Gasteiger partial charge in [0.15, 0.2) is 0 Å². The highest BCUT2D eigenvalue weighted by Gasteiger charge is 1.85. The van der Waals surface area contributed by atoms with Gasteiger partial charge in [-0.05, 0) is 38.5 Å². The van der Waals surface area contributed by atoms with Crippen molar-refractivity contribution in [3.63, 3.8) is 0 Å². The molecule has 1 nitrogen and oxygen atoms in total. The Hall–Kier alpha value is -1.55. The first-order valence-electron chi connectivity index (χ1n) is 4.26. The molecule has 13 heavy (non-hydrogen) atoms. The van der Waals surface area contributed by atoms with Crippen LogP contribution in [0.4, 0.5) is 0 Å². The third-order valence-electron chi connectivity index (χ3n) is 1.82. The van der Waals surface area contributed by atoms with Crippen LogP contribution in [0.3, 0.4) is 0 Å². The van der Waals surface area contributed by atoms with Crippen molar-refractivity contribution in [3.05, 3.63) is 41.2 Å². The molecule has 0 amide bonds. The van der Waals surface area contributed by atoms with Crippen molar-refractivity contribution in [2.75, 3.05) is 0 Å². The Balaban J connectivity index is 2.86. The van der Waals surface area contributed by atoms with E-state index in [1.807, 2.05) is 19.1 Å². The van der Waals surface area contributed by atoms with Gasteiger partial charge in [0.2, 0.25) is 0 Å². The van der Waals surface area contributed by atoms with Gasteiger partial charge in [0.1, 0.15) is 0 Å². The molecule has 1 heteroatoms. The summed E-state index contributed by atoms with van der Waals surface area (Å²) in [5.74, 6) is 6.18. The van der Waals surface area contributed by atoms with Gasteiger partial charge in [0.25, 0.3) is 0 Å². The molecule has 0 spiro atoms. The average molecular weight is 171 g/mol. The van der Waals surface area contributed by atoms with Crippen LogP contribution in [0.5, 0.6) is 0 Å². The Labute approximate surface area is 79.5 Å². The second kappa shape index (κ2) is 4.47. The molecule has 0 aliphatic heterocycles. The number of nitrogens with zero attached hydrogens (tertiary/aromatic N) is 1. The predicted molar refractivity (Wildman–Crippen MR) is 55.2 cm³/mol. The van der Waals surface area contributed by atoms with Gasteiger partial charge in [-0.15, -0.1) is 0 Å². The molecule has 0 aliphatic carbocycles. The molecule has 1 aromatic rings. The Morgan fingerprint density at radius 3 is 2.31 bits per heavy atom. The number of aromatic nitrogens is 1. The smallest absolute Gasteiger partial charge is 0.0280 e. The molecule has 66 valence electrons. The second-order valence-electron chi connectivity index (χ2n) is 3.11. The van der Waals surface area contributed by atoms with E-state index in [9.17, 15) is 0 Å². The maximum atomic E-state index is 3.93. The molecule has 0 unspecified atom stereocenters. The molecule has 0 saturated carbocycles. The Bertz CT molecular complexity index is 359. The van der Waals surface area contributed by atoms with E-state index in [0.29, 0.717) is 0 Å². The van der Waals surface area contributed by atoms with Gasteiger partial charge < -0.3 is 0 Å². The van der Waals surface area contributed by atoms with E-state index in [0.717, 1.165) is 11.1 Å². The number of rotatable bonds is 0. The molecular weight excluding hydrogens is 158 g/mol. The first-order chi connectivity index (χ1) is 6.20. The Morgan fingerprint density at radius 2 is 1.77 bits per heavy atom. The van der Waals surface area contributed by atoms with Crippen molar-refractivity contribution in [3.8, 4) is 11.8 Å². The molecule has 0 N–H and O–H groups in total. The van der Waals surface area contributed by atoms with Crippen LogP contribution in [-0.4, -0.2) is 4.98 Å². The van der Waals surface area contributed by atoms with Crippen LogP contribution in [0.25, 0.3) is 0 Å². The van der Waals surface area contributed by atoms with E-state index < -0.39 is 0 Å². The highest BCUT2D eigenvalue weighted by molar-refractivity contribution is 5.40. The zero-order chi connectivity index (χ0) is 9.68. The maximum Gasteiger partial charge on any atom is 0.0280 e. The Kier molecular flexibility index (Phi) is 3.28. The number of hydrogen-bond donors (Lipinski definition) is 0. The van der Waals surface area contributed by atoms with Crippen LogP contribution in [-0.2, 0) is 0 Å². The van der Waals surface area contributed by atoms with Crippen LogP contribution in [0.1, 0.15) is 26.3 Å². The fourth-order valence-electron chi connectivity index (χ4n) is 0.726. The minimum atomic E-state index is 1.01. The fourth-order valence-corrected chi connectivity index (χ4v) is 0.726. The van der Waals surface area contributed by atoms with E-state index in [-0.39, 0.29) is 0 Å². The number of hydrogen-bond acceptors (Lipinski definition) is 1. The third-order valence-corrected chi connectivity index (χ3v) is 1.82. The average Bonchev–Trinajstić information content (AvgIpc) is 2.15. The van der Waals surface area contributed by atoms with Gasteiger partial charge in [-0.25, -0.2) is 0 Å². The van der Waals surface area contributed by atoms with Crippen LogP contribution in [0, 0.1) is 11.8 Å². The largest absolute Gasteiger partial charge is 0.265 e. The molecule has 0 aliphatic rings. The molecule has 1 rings (SSSR count). The van der Waals surface area contributed by atoms with Gasteiger partial charge in [-0.2, -0.15) is 0 Å². The molecule has 0 fully saturated rings. The van der Waals surface area contributed by atoms with Crippen molar-refractivity contribution >= 4 is 0 Å². The van der Waals surface area contributed by atoms with E-state index in [1.54, 1.807) is 12.4 Å². The quantitative estimate of drug-likeness (QED) is 0.547. The summed E-state index contributed by atoms with van der Waals surface area (Å²) in [6.45, 7) is 6.16. The van der Waals surface area contributed by atoms with Crippen molar-refractivity contribution in [2.45, 2.75) is 20.8 Å². The van der Waals surface area contributed by atoms with E-state index in [4.69, 9.17) is 0 Å². The first-order valence-corrected chi connectivity index (χ1v) is 4.26. The predicted octanol–water partition coefficient (Wildman–Crippen LogP) is 2.79. The van der Waals surface area contributed by atoms with Crippen LogP contribution >= 0.6 is 0 Å². The molecule has 0 aromatic carbocycles. The third kappa shape index (κ3) is 3.13. The maximum absolute atomic E-state index is 3.93. The minimum Gasteiger partial charge on any atom is -0.265 e. The van der Waals surface area contributed by atoms with Crippen molar-refractivity contribution < 1.29 is 0 Å². The highest BCUT2D eigenvalue weighted by atomic mass is 14.6. The molecule has 1 aromatic heterocycles. The lowest BCUT2D eigenvalue weighted by molar-refractivity contribution is 1.31. The van der Waals surface area contributed by atoms with Gasteiger partial charge in [-0.1, -0.05) is 17.4 Å². The monoisotopic (exact) mass is 171 g/mol. The van der Waals surface area contributed by atoms with Gasteiger partial charge >= 0.3 is 0 Å². The van der Waals surface area contributed by atoms with Crippen LogP contribution in [0.15, 0.2) is 35.7 Å². The van der Waals surface area contributed by atoms with Gasteiger partial charge in [-0.3, -0.25) is 4.98 Å². The fraction of sp³-hybridized carbons (Fsp3) is 0.250. The topological polar surface area (TPSA) is 12.9 Å². The molecule has 0 radical (unpaired) electrons. The summed E-state index contributed by atoms with van der Waals surface area (Å²) in [5, 5.41) is 0. The van der Waals surface area contributed by atoms with E-state index in [1.165, 1.54) is 5.57 Å². The molecule has 0 bridgehead atoms. The van der Waals surface area contributed by atoms with E-state index >= 15 is 0 Å². The van der Waals surface area contributed by atoms with Crippen molar-refractivity contribution in [1.29, 1.82) is 0 Å². The van der Waals surface area contributed by atoms with Crippen LogP contribution < -0.4 is 0 Å². The SMILES string of the molecule is CC(C)=C(C)C#Cc1ccncc1. The Morgan fingerprint density at radius 1 is 1.15 bits per heavy atom. The zero-order valence-corrected chi connectivity index (χ0v) is 8.26. The lowest BCUT2D eigenvalue weighted by Gasteiger charge is -1.91. The lowest BCUT2D eigenvalue weighted by atomic mass is 10.1. The lowest BCUT2D eigenvalue weighted by Crippen LogP contribution is -1.77. The van der Waals surface area contributed by atoms with Crippen LogP contribution in [0.2, 0.25) is 0 Å². The normalized spacial score (nSPS) is 8.54. The molecular formula is C12H13N. The zero-order valence-electron chi connectivity index (χ0n) is 8.26. The summed E-state index contributed by atoms with van der Waals surface area (Å²) in [6.07, 6.45) is 3.50. The summed E-state index contributed by atoms with van der Waals surface area (Å²) < 4.78 is 0. The second-order valence-corrected chi connectivity index (χ2v) is 3.11. The number of pyridine rings is 1. The minimum absolute atomic E-state index is 1.01. The summed E-state index contributed by atoms with van der Waals surface area (Å²) >= 11 is 0. The molecule has 0 atom stereocenters. The van der Waals surface area contributed by atoms with Gasteiger partial charge in [0, 0.05) is 18.0 Å². The molecule has 1 heterocycles. The summed E-state index contributed by atoms with van der Waals surface area (Å²) in [7, 11) is 0. The molecule has 0 saturated heterocycles. The summed E-state index contributed by atoms with van der Waals surface area (Å²) in [5.41, 5.74) is 3.41. The first kappa shape index (κ1) is 9.54. The summed E-state index contributed by atoms with van der Waals surface area (Å²) in [6, 6.07) is 3.82. The standard InChI is InChI=1S/C12H13N/c1-10(2)11(3)4-5-12-6-8-13-9-7-12/h6-9H,1-3H3. The van der Waals surface area contributed by atoms with Crippen molar-refractivity contribution in [1.82, 2.24) is 4.98 Å². The highest BCUT2D eigenvalue weighted by Crippen LogP contribution is 2.00. The van der Waals surface area contributed by atoms with E-state index in [2.05, 4.69) is 30.7 Å². The number of allylic oxidation sites excluding steroid dienone is 2.